The van der Waals surface area contributed by atoms with Gasteiger partial charge in [0.1, 0.15) is 11.6 Å². The number of hydrogen-bond donors (Lipinski definition) is 1. The lowest BCUT2D eigenvalue weighted by molar-refractivity contribution is -0.112. The molecule has 1 heterocycles. The van der Waals surface area contributed by atoms with E-state index < -0.39 is 5.91 Å². The first-order chi connectivity index (χ1) is 11.0. The minimum atomic E-state index is -0.521. The molecule has 3 rings (SSSR count). The highest BCUT2D eigenvalue weighted by Gasteiger charge is 2.26. The third kappa shape index (κ3) is 4.11. The van der Waals surface area contributed by atoms with E-state index in [0.29, 0.717) is 27.3 Å². The van der Waals surface area contributed by atoms with Crippen molar-refractivity contribution in [1.82, 2.24) is 4.98 Å². The number of nitriles is 1. The van der Waals surface area contributed by atoms with Crippen LogP contribution in [0, 0.1) is 11.3 Å². The number of thiazole rings is 1. The van der Waals surface area contributed by atoms with E-state index in [1.165, 1.54) is 6.08 Å². The molecule has 7 heteroatoms. The molecule has 1 saturated carbocycles. The zero-order valence-electron chi connectivity index (χ0n) is 11.8. The third-order valence-electron chi connectivity index (χ3n) is 3.24. The standard InChI is InChI=1S/C16H11Cl2N3OS/c17-11-4-12(18)6-13(5-11)20-15(22)10(7-19)3-14-8-23-16(21-14)9-1-2-9/h3-6,8-9H,1-2H2,(H,20,22)/b10-3-. The van der Waals surface area contributed by atoms with Crippen LogP contribution in [0.5, 0.6) is 0 Å². The van der Waals surface area contributed by atoms with Crippen molar-refractivity contribution in [3.05, 3.63) is 49.9 Å². The number of benzene rings is 1. The molecule has 23 heavy (non-hydrogen) atoms. The molecular weight excluding hydrogens is 353 g/mol. The molecule has 1 fully saturated rings. The van der Waals surface area contributed by atoms with Gasteiger partial charge in [-0.15, -0.1) is 11.3 Å². The Morgan fingerprint density at radius 2 is 2.04 bits per heavy atom. The molecule has 2 aromatic rings. The SMILES string of the molecule is N#C/C(=C/c1csc(C2CC2)n1)C(=O)Nc1cc(Cl)cc(Cl)c1. The predicted octanol–water partition coefficient (Wildman–Crippen LogP) is 4.87. The Morgan fingerprint density at radius 1 is 1.35 bits per heavy atom. The van der Waals surface area contributed by atoms with Gasteiger partial charge in [-0.2, -0.15) is 5.26 Å². The minimum absolute atomic E-state index is 0.0197. The van der Waals surface area contributed by atoms with Crippen LogP contribution in [0.2, 0.25) is 10.0 Å². The number of anilines is 1. The van der Waals surface area contributed by atoms with E-state index in [1.54, 1.807) is 29.5 Å². The molecular formula is C16H11Cl2N3OS. The van der Waals surface area contributed by atoms with E-state index in [2.05, 4.69) is 10.3 Å². The topological polar surface area (TPSA) is 65.8 Å². The molecule has 1 aliphatic rings. The van der Waals surface area contributed by atoms with Gasteiger partial charge in [0.2, 0.25) is 0 Å². The molecule has 1 amide bonds. The van der Waals surface area contributed by atoms with E-state index >= 15 is 0 Å². The molecule has 1 aliphatic carbocycles. The summed E-state index contributed by atoms with van der Waals surface area (Å²) in [6, 6.07) is 6.59. The Morgan fingerprint density at radius 3 is 2.65 bits per heavy atom. The molecule has 116 valence electrons. The predicted molar refractivity (Wildman–Crippen MR) is 92.8 cm³/mol. The van der Waals surface area contributed by atoms with Crippen LogP contribution >= 0.6 is 34.5 Å². The summed E-state index contributed by atoms with van der Waals surface area (Å²) in [5, 5.41) is 15.6. The van der Waals surface area contributed by atoms with Crippen LogP contribution in [-0.4, -0.2) is 10.9 Å². The van der Waals surface area contributed by atoms with Crippen molar-refractivity contribution in [3.8, 4) is 6.07 Å². The summed E-state index contributed by atoms with van der Waals surface area (Å²) in [6.45, 7) is 0. The van der Waals surface area contributed by atoms with Crippen molar-refractivity contribution in [3.63, 3.8) is 0 Å². The van der Waals surface area contributed by atoms with Gasteiger partial charge in [0.25, 0.3) is 5.91 Å². The Kier molecular flexibility index (Phi) is 4.67. The molecule has 0 saturated heterocycles. The van der Waals surface area contributed by atoms with E-state index in [4.69, 9.17) is 23.2 Å². The van der Waals surface area contributed by atoms with E-state index in [9.17, 15) is 10.1 Å². The Hall–Kier alpha value is -1.87. The monoisotopic (exact) mass is 363 g/mol. The van der Waals surface area contributed by atoms with Crippen LogP contribution in [0.4, 0.5) is 5.69 Å². The van der Waals surface area contributed by atoms with Gasteiger partial charge in [-0.1, -0.05) is 23.2 Å². The highest BCUT2D eigenvalue weighted by molar-refractivity contribution is 7.09. The average molecular weight is 364 g/mol. The zero-order chi connectivity index (χ0) is 16.4. The lowest BCUT2D eigenvalue weighted by Gasteiger charge is -2.05. The Balaban J connectivity index is 1.77. The molecule has 0 atom stereocenters. The first-order valence-corrected chi connectivity index (χ1v) is 8.53. The first kappa shape index (κ1) is 16.0. The van der Waals surface area contributed by atoms with E-state index in [0.717, 1.165) is 17.8 Å². The number of amides is 1. The average Bonchev–Trinajstić information content (AvgIpc) is 3.23. The molecule has 1 aromatic heterocycles. The van der Waals surface area contributed by atoms with Crippen LogP contribution in [0.1, 0.15) is 29.5 Å². The number of nitrogens with zero attached hydrogens (tertiary/aromatic N) is 2. The summed E-state index contributed by atoms with van der Waals surface area (Å²) in [5.74, 6) is 0.0296. The van der Waals surface area contributed by atoms with E-state index in [1.807, 2.05) is 11.4 Å². The molecule has 4 nitrogen and oxygen atoms in total. The van der Waals surface area contributed by atoms with Gasteiger partial charge in [-0.05, 0) is 37.1 Å². The van der Waals surface area contributed by atoms with Crippen molar-refractivity contribution in [1.29, 1.82) is 5.26 Å². The molecule has 1 aromatic carbocycles. The second kappa shape index (κ2) is 6.71. The highest BCUT2D eigenvalue weighted by atomic mass is 35.5. The zero-order valence-corrected chi connectivity index (χ0v) is 14.2. The van der Waals surface area contributed by atoms with Crippen LogP contribution in [0.3, 0.4) is 0 Å². The second-order valence-electron chi connectivity index (χ2n) is 5.17. The maximum absolute atomic E-state index is 12.2. The summed E-state index contributed by atoms with van der Waals surface area (Å²) >= 11 is 13.3. The molecule has 0 aliphatic heterocycles. The summed E-state index contributed by atoms with van der Waals surface area (Å²) in [5.41, 5.74) is 1.05. The number of carbonyl (C=O) groups is 1. The maximum Gasteiger partial charge on any atom is 0.266 e. The lowest BCUT2D eigenvalue weighted by atomic mass is 10.2. The summed E-state index contributed by atoms with van der Waals surface area (Å²) in [7, 11) is 0. The second-order valence-corrected chi connectivity index (χ2v) is 6.93. The van der Waals surface area contributed by atoms with Gasteiger partial charge in [0.15, 0.2) is 0 Å². The number of nitrogens with one attached hydrogen (secondary N) is 1. The third-order valence-corrected chi connectivity index (χ3v) is 4.71. The van der Waals surface area contributed by atoms with Gasteiger partial charge in [0.05, 0.1) is 10.7 Å². The van der Waals surface area contributed by atoms with E-state index in [-0.39, 0.29) is 5.57 Å². The molecule has 0 unspecified atom stereocenters. The number of carbonyl (C=O) groups excluding carboxylic acids is 1. The molecule has 0 radical (unpaired) electrons. The summed E-state index contributed by atoms with van der Waals surface area (Å²) < 4.78 is 0. The minimum Gasteiger partial charge on any atom is -0.321 e. The summed E-state index contributed by atoms with van der Waals surface area (Å²) in [4.78, 5) is 16.7. The number of rotatable bonds is 4. The van der Waals surface area contributed by atoms with Crippen LogP contribution in [0.15, 0.2) is 29.2 Å². The molecule has 0 bridgehead atoms. The maximum atomic E-state index is 12.2. The van der Waals surface area contributed by atoms with Crippen molar-refractivity contribution >= 4 is 52.2 Å². The molecule has 1 N–H and O–H groups in total. The smallest absolute Gasteiger partial charge is 0.266 e. The van der Waals surface area contributed by atoms with Gasteiger partial charge in [-0.3, -0.25) is 4.79 Å². The Bertz CT molecular complexity index is 814. The van der Waals surface area contributed by atoms with Crippen LogP contribution < -0.4 is 5.32 Å². The van der Waals surface area contributed by atoms with Crippen LogP contribution in [-0.2, 0) is 4.79 Å². The highest BCUT2D eigenvalue weighted by Crippen LogP contribution is 2.41. The van der Waals surface area contributed by atoms with Gasteiger partial charge < -0.3 is 5.32 Å². The number of halogens is 2. The van der Waals surface area contributed by atoms with Gasteiger partial charge in [0, 0.05) is 27.0 Å². The quantitative estimate of drug-likeness (QED) is 0.622. The van der Waals surface area contributed by atoms with Gasteiger partial charge >= 0.3 is 0 Å². The van der Waals surface area contributed by atoms with Crippen molar-refractivity contribution in [2.45, 2.75) is 18.8 Å². The van der Waals surface area contributed by atoms with Crippen LogP contribution in [0.25, 0.3) is 6.08 Å². The van der Waals surface area contributed by atoms with Gasteiger partial charge in [-0.25, -0.2) is 4.98 Å². The fraction of sp³-hybridized carbons (Fsp3) is 0.188. The largest absolute Gasteiger partial charge is 0.321 e. The number of hydrogen-bond acceptors (Lipinski definition) is 4. The van der Waals surface area contributed by atoms with Crippen molar-refractivity contribution in [2.75, 3.05) is 5.32 Å². The van der Waals surface area contributed by atoms with Crippen molar-refractivity contribution in [2.24, 2.45) is 0 Å². The first-order valence-electron chi connectivity index (χ1n) is 6.90. The number of aromatic nitrogens is 1. The lowest BCUT2D eigenvalue weighted by Crippen LogP contribution is -2.13. The Labute approximate surface area is 147 Å². The fourth-order valence-electron chi connectivity index (χ4n) is 2.01. The summed E-state index contributed by atoms with van der Waals surface area (Å²) in [6.07, 6.45) is 3.82. The normalized spacial score (nSPS) is 14.4. The van der Waals surface area contributed by atoms with Crippen molar-refractivity contribution < 1.29 is 4.79 Å². The fourth-order valence-corrected chi connectivity index (χ4v) is 3.48. The molecule has 0 spiro atoms.